The molecule has 0 saturated carbocycles. The van der Waals surface area contributed by atoms with Crippen molar-refractivity contribution < 1.29 is 0 Å². The van der Waals surface area contributed by atoms with Gasteiger partial charge in [-0.15, -0.1) is 0 Å². The van der Waals surface area contributed by atoms with Crippen molar-refractivity contribution in [2.45, 2.75) is 158 Å². The molecule has 2 aromatic rings. The van der Waals surface area contributed by atoms with Crippen molar-refractivity contribution in [2.24, 2.45) is 0 Å². The number of hydrogen-bond donors (Lipinski definition) is 0. The normalized spacial score (nSPS) is 12.1. The van der Waals surface area contributed by atoms with Crippen molar-refractivity contribution in [3.8, 4) is 0 Å². The molecule has 0 aliphatic carbocycles. The molecule has 0 nitrogen and oxygen atoms in total. The largest absolute Gasteiger partial charge is 2.00 e. The molecule has 0 radical (unpaired) electrons. The zero-order valence-corrected chi connectivity index (χ0v) is 28.7. The maximum atomic E-state index is 2.47. The molecular weight excluding hydrogens is 448 g/mol. The third-order valence-corrected chi connectivity index (χ3v) is 7.24. The van der Waals surface area contributed by atoms with Crippen LogP contribution in [0.5, 0.6) is 0 Å². The van der Waals surface area contributed by atoms with Crippen molar-refractivity contribution in [2.75, 3.05) is 0 Å². The Balaban J connectivity index is 0.000000642. The van der Waals surface area contributed by atoms with Crippen molar-refractivity contribution in [3.05, 3.63) is 56.6 Å². The van der Waals surface area contributed by atoms with Crippen LogP contribution in [0.25, 0.3) is 0 Å². The molecule has 0 spiro atoms. The summed E-state index contributed by atoms with van der Waals surface area (Å²) in [7, 11) is 0. The molecule has 0 heterocycles. The second kappa shape index (κ2) is 14.8. The van der Waals surface area contributed by atoms with Crippen LogP contribution in [-0.4, -0.2) is 37.7 Å². The van der Waals surface area contributed by atoms with E-state index < -0.39 is 0 Å². The van der Waals surface area contributed by atoms with E-state index in [0.717, 1.165) is 0 Å². The van der Waals surface area contributed by atoms with Gasteiger partial charge in [0.2, 0.25) is 0 Å². The first kappa shape index (κ1) is 35.0. The molecule has 0 bridgehead atoms. The second-order valence-corrected chi connectivity index (χ2v) is 13.0. The molecule has 2 aromatic carbocycles. The summed E-state index contributed by atoms with van der Waals surface area (Å²) < 4.78 is 0. The van der Waals surface area contributed by atoms with Gasteiger partial charge < -0.3 is 0 Å². The Hall–Kier alpha value is -0.0403. The third kappa shape index (κ3) is 8.48. The zero-order chi connectivity index (χ0) is 26.7. The van der Waals surface area contributed by atoms with Crippen molar-refractivity contribution in [1.82, 2.24) is 0 Å². The molecule has 0 unspecified atom stereocenters. The third-order valence-electron chi connectivity index (χ3n) is 7.24. The molecule has 0 fully saturated rings. The van der Waals surface area contributed by atoms with Gasteiger partial charge in [-0.05, 0) is 11.8 Å². The van der Waals surface area contributed by atoms with Crippen LogP contribution >= 0.6 is 0 Å². The Kier molecular flexibility index (Phi) is 14.8. The fourth-order valence-electron chi connectivity index (χ4n) is 5.76. The van der Waals surface area contributed by atoms with Crippen LogP contribution in [0.1, 0.15) is 203 Å². The van der Waals surface area contributed by atoms with Crippen LogP contribution in [0.3, 0.4) is 0 Å². The van der Waals surface area contributed by atoms with Gasteiger partial charge in [0.15, 0.2) is 0 Å². The average Bonchev–Trinajstić information content (AvgIpc) is 3.28. The second-order valence-electron chi connectivity index (χ2n) is 13.0. The molecule has 0 aliphatic rings. The summed E-state index contributed by atoms with van der Waals surface area (Å²) in [4.78, 5) is 0. The monoisotopic (exact) mass is 506 g/mol. The molecule has 0 saturated heterocycles. The standard InChI is InChI=1S/2C17H29.Ca/c2*1-10(2)14-9-15(11(3)4)17(13(7)8)16(14)12(5)6;/h2*9-13H,1-8H3;/q2*-1;+2. The van der Waals surface area contributed by atoms with E-state index in [0.29, 0.717) is 47.3 Å². The summed E-state index contributed by atoms with van der Waals surface area (Å²) in [6.07, 6.45) is 0. The summed E-state index contributed by atoms with van der Waals surface area (Å²) in [5.41, 5.74) is 12.8. The van der Waals surface area contributed by atoms with Crippen LogP contribution in [0.4, 0.5) is 0 Å². The number of rotatable bonds is 8. The van der Waals surface area contributed by atoms with Gasteiger partial charge in [0.1, 0.15) is 0 Å². The van der Waals surface area contributed by atoms with E-state index in [1.165, 1.54) is 0 Å². The Morgan fingerprint density at radius 3 is 0.800 bits per heavy atom. The van der Waals surface area contributed by atoms with Gasteiger partial charge in [-0.25, -0.2) is 0 Å². The molecule has 35 heavy (non-hydrogen) atoms. The van der Waals surface area contributed by atoms with E-state index in [9.17, 15) is 0 Å². The van der Waals surface area contributed by atoms with E-state index >= 15 is 0 Å². The minimum Gasteiger partial charge on any atom is -0.192 e. The summed E-state index contributed by atoms with van der Waals surface area (Å²) in [5, 5.41) is 0. The predicted molar refractivity (Wildman–Crippen MR) is 163 cm³/mol. The first-order valence-corrected chi connectivity index (χ1v) is 14.2. The molecule has 0 aromatic heterocycles. The summed E-state index contributed by atoms with van der Waals surface area (Å²) in [5.74, 6) is 5.09. The van der Waals surface area contributed by atoms with Gasteiger partial charge in [-0.1, -0.05) is 146 Å². The molecule has 2 rings (SSSR count). The van der Waals surface area contributed by atoms with Crippen LogP contribution in [-0.2, 0) is 0 Å². The van der Waals surface area contributed by atoms with E-state index in [4.69, 9.17) is 0 Å². The van der Waals surface area contributed by atoms with Crippen LogP contribution < -0.4 is 0 Å². The van der Waals surface area contributed by atoms with Crippen molar-refractivity contribution in [3.63, 3.8) is 0 Å². The van der Waals surface area contributed by atoms with E-state index in [2.05, 4.69) is 123 Å². The molecule has 0 amide bonds. The summed E-state index contributed by atoms with van der Waals surface area (Å²) in [6.45, 7) is 37.2. The molecular formula is C34H58Ca. The molecule has 0 N–H and O–H groups in total. The van der Waals surface area contributed by atoms with E-state index in [1.807, 2.05) is 0 Å². The van der Waals surface area contributed by atoms with Gasteiger partial charge in [-0.3, -0.25) is 0 Å². The van der Waals surface area contributed by atoms with Gasteiger partial charge in [0.25, 0.3) is 0 Å². The SMILES string of the molecule is CC(C)c1c[c-](C(C)C)c(C(C)C)c1C(C)C.CC(C)c1c[c-](C(C)C)c(C(C)C)c1C(C)C.[Ca+2]. The Labute approximate surface area is 250 Å². The van der Waals surface area contributed by atoms with Gasteiger partial charge >= 0.3 is 37.7 Å². The minimum absolute atomic E-state index is 0. The van der Waals surface area contributed by atoms with Gasteiger partial charge in [-0.2, -0.15) is 56.6 Å². The molecule has 0 aliphatic heterocycles. The topological polar surface area (TPSA) is 0 Å². The Morgan fingerprint density at radius 1 is 0.400 bits per heavy atom. The predicted octanol–water partition coefficient (Wildman–Crippen LogP) is 11.4. The molecule has 1 heteroatoms. The van der Waals surface area contributed by atoms with Crippen LogP contribution in [0.15, 0.2) is 12.1 Å². The maximum Gasteiger partial charge on any atom is 2.00 e. The Morgan fingerprint density at radius 2 is 0.657 bits per heavy atom. The molecule has 196 valence electrons. The smallest absolute Gasteiger partial charge is 0.192 e. The minimum atomic E-state index is 0. The summed E-state index contributed by atoms with van der Waals surface area (Å²) >= 11 is 0. The van der Waals surface area contributed by atoms with Crippen molar-refractivity contribution in [1.29, 1.82) is 0 Å². The van der Waals surface area contributed by atoms with E-state index in [1.54, 1.807) is 44.5 Å². The summed E-state index contributed by atoms with van der Waals surface area (Å²) in [6, 6.07) is 4.94. The quantitative estimate of drug-likeness (QED) is 0.247. The fraction of sp³-hybridized carbons (Fsp3) is 0.706. The average molecular weight is 507 g/mol. The van der Waals surface area contributed by atoms with Crippen LogP contribution in [0.2, 0.25) is 0 Å². The zero-order valence-electron chi connectivity index (χ0n) is 26.5. The van der Waals surface area contributed by atoms with Crippen LogP contribution in [0, 0.1) is 0 Å². The van der Waals surface area contributed by atoms with Crippen molar-refractivity contribution >= 4 is 37.7 Å². The maximum absolute atomic E-state index is 2.47. The Bertz CT molecular complexity index is 735. The first-order chi connectivity index (χ1) is 15.5. The fourth-order valence-corrected chi connectivity index (χ4v) is 5.76. The number of hydrogen-bond acceptors (Lipinski definition) is 0. The first-order valence-electron chi connectivity index (χ1n) is 14.2. The van der Waals surface area contributed by atoms with Gasteiger partial charge in [0, 0.05) is 0 Å². The molecule has 0 atom stereocenters. The van der Waals surface area contributed by atoms with Gasteiger partial charge in [0.05, 0.1) is 0 Å². The van der Waals surface area contributed by atoms with E-state index in [-0.39, 0.29) is 37.7 Å².